The molecule has 0 bridgehead atoms. The highest BCUT2D eigenvalue weighted by Crippen LogP contribution is 2.53. The molecule has 1 aliphatic rings. The van der Waals surface area contributed by atoms with Crippen LogP contribution in [0.5, 0.6) is 0 Å². The normalized spacial score (nSPS) is 34.0. The van der Waals surface area contributed by atoms with Crippen LogP contribution in [-0.2, 0) is 4.79 Å². The van der Waals surface area contributed by atoms with Gasteiger partial charge in [-0.1, -0.05) is 13.8 Å². The summed E-state index contributed by atoms with van der Waals surface area (Å²) in [5, 5.41) is 18.2. The van der Waals surface area contributed by atoms with Crippen molar-refractivity contribution >= 4 is 5.97 Å². The predicted octanol–water partition coefficient (Wildman–Crippen LogP) is 0.197. The van der Waals surface area contributed by atoms with Crippen molar-refractivity contribution in [1.29, 1.82) is 0 Å². The van der Waals surface area contributed by atoms with Gasteiger partial charge in [0, 0.05) is 18.1 Å². The van der Waals surface area contributed by atoms with Gasteiger partial charge in [0.2, 0.25) is 0 Å². The number of carboxylic acid groups (broad SMARTS) is 1. The van der Waals surface area contributed by atoms with Crippen LogP contribution in [0.25, 0.3) is 0 Å². The fourth-order valence-electron chi connectivity index (χ4n) is 2.00. The number of aliphatic hydroxyl groups excluding tert-OH is 1. The van der Waals surface area contributed by atoms with Gasteiger partial charge in [0.1, 0.15) is 0 Å². The number of carboxylic acids is 1. The first-order chi connectivity index (χ1) is 5.85. The molecule has 1 fully saturated rings. The topological polar surface area (TPSA) is 83.5 Å². The first-order valence-electron chi connectivity index (χ1n) is 4.45. The summed E-state index contributed by atoms with van der Waals surface area (Å²) in [4.78, 5) is 11.1. The molecular formula is C9H17NO3. The second kappa shape index (κ2) is 2.96. The molecule has 0 aromatic heterocycles. The maximum atomic E-state index is 11.1. The maximum absolute atomic E-state index is 11.1. The Morgan fingerprint density at radius 3 is 2.31 bits per heavy atom. The zero-order valence-electron chi connectivity index (χ0n) is 8.08. The van der Waals surface area contributed by atoms with Crippen molar-refractivity contribution in [2.45, 2.75) is 32.7 Å². The zero-order valence-corrected chi connectivity index (χ0v) is 8.08. The third kappa shape index (κ3) is 1.34. The molecule has 0 amide bonds. The summed E-state index contributed by atoms with van der Waals surface area (Å²) in [6, 6.07) is -0.0260. The van der Waals surface area contributed by atoms with Crippen LogP contribution in [0.15, 0.2) is 0 Å². The average molecular weight is 187 g/mol. The summed E-state index contributed by atoms with van der Waals surface area (Å²) in [6.45, 7) is 3.42. The number of hydrogen-bond acceptors (Lipinski definition) is 3. The second-order valence-corrected chi connectivity index (χ2v) is 4.60. The smallest absolute Gasteiger partial charge is 0.310 e. The third-order valence-corrected chi connectivity index (χ3v) is 3.32. The molecule has 0 aliphatic heterocycles. The molecule has 13 heavy (non-hydrogen) atoms. The molecule has 4 nitrogen and oxygen atoms in total. The van der Waals surface area contributed by atoms with E-state index in [1.54, 1.807) is 13.8 Å². The lowest BCUT2D eigenvalue weighted by molar-refractivity contribution is -0.171. The first kappa shape index (κ1) is 10.5. The molecular weight excluding hydrogens is 170 g/mol. The van der Waals surface area contributed by atoms with E-state index >= 15 is 0 Å². The van der Waals surface area contributed by atoms with Gasteiger partial charge in [0.15, 0.2) is 0 Å². The molecule has 1 saturated carbocycles. The number of aliphatic hydroxyl groups is 1. The van der Waals surface area contributed by atoms with Crippen molar-refractivity contribution in [3.8, 4) is 0 Å². The van der Waals surface area contributed by atoms with Crippen LogP contribution >= 0.6 is 0 Å². The Balaban J connectivity index is 2.88. The minimum atomic E-state index is -0.840. The summed E-state index contributed by atoms with van der Waals surface area (Å²) < 4.78 is 0. The molecule has 0 unspecified atom stereocenters. The average Bonchev–Trinajstić information content (AvgIpc) is 1.97. The van der Waals surface area contributed by atoms with E-state index in [0.29, 0.717) is 12.8 Å². The van der Waals surface area contributed by atoms with Gasteiger partial charge in [-0.15, -0.1) is 0 Å². The van der Waals surface area contributed by atoms with Gasteiger partial charge >= 0.3 is 5.97 Å². The van der Waals surface area contributed by atoms with Crippen LogP contribution in [0.3, 0.4) is 0 Å². The van der Waals surface area contributed by atoms with Gasteiger partial charge in [0.25, 0.3) is 0 Å². The van der Waals surface area contributed by atoms with E-state index in [0.717, 1.165) is 0 Å². The monoisotopic (exact) mass is 187 g/mol. The van der Waals surface area contributed by atoms with Gasteiger partial charge in [-0.05, 0) is 12.8 Å². The Labute approximate surface area is 77.7 Å². The summed E-state index contributed by atoms with van der Waals surface area (Å²) >= 11 is 0. The van der Waals surface area contributed by atoms with Crippen molar-refractivity contribution in [2.75, 3.05) is 6.61 Å². The molecule has 0 radical (unpaired) electrons. The fourth-order valence-corrected chi connectivity index (χ4v) is 2.00. The summed E-state index contributed by atoms with van der Waals surface area (Å²) in [5.74, 6) is -0.840. The minimum Gasteiger partial charge on any atom is -0.481 e. The number of rotatable bonds is 3. The Morgan fingerprint density at radius 2 is 2.08 bits per heavy atom. The lowest BCUT2D eigenvalue weighted by Gasteiger charge is -2.52. The number of hydrogen-bond donors (Lipinski definition) is 3. The standard InChI is InChI=1S/C9H17NO3/c1-8(2,5-11)9(7(12)13)3-6(10)4-9/h6,11H,3-5,10H2,1-2H3,(H,12,13). The fraction of sp³-hybridized carbons (Fsp3) is 0.889. The van der Waals surface area contributed by atoms with Crippen LogP contribution < -0.4 is 5.73 Å². The van der Waals surface area contributed by atoms with Gasteiger partial charge in [-0.2, -0.15) is 0 Å². The molecule has 0 atom stereocenters. The third-order valence-electron chi connectivity index (χ3n) is 3.32. The van der Waals surface area contributed by atoms with Crippen LogP contribution in [0.2, 0.25) is 0 Å². The SMILES string of the molecule is CC(C)(CO)C1(C(=O)O)CC(N)C1. The Morgan fingerprint density at radius 1 is 1.62 bits per heavy atom. The van der Waals surface area contributed by atoms with Crippen LogP contribution in [0, 0.1) is 10.8 Å². The van der Waals surface area contributed by atoms with Gasteiger partial charge in [0.05, 0.1) is 5.41 Å². The van der Waals surface area contributed by atoms with Crippen molar-refractivity contribution in [1.82, 2.24) is 0 Å². The quantitative estimate of drug-likeness (QED) is 0.589. The molecule has 0 heterocycles. The summed E-state index contributed by atoms with van der Waals surface area (Å²) in [7, 11) is 0. The van der Waals surface area contributed by atoms with E-state index in [-0.39, 0.29) is 12.6 Å². The van der Waals surface area contributed by atoms with Crippen molar-refractivity contribution in [3.05, 3.63) is 0 Å². The van der Waals surface area contributed by atoms with Gasteiger partial charge in [-0.25, -0.2) is 0 Å². The molecule has 0 aromatic carbocycles. The highest BCUT2D eigenvalue weighted by Gasteiger charge is 2.58. The minimum absolute atomic E-state index is 0.0260. The van der Waals surface area contributed by atoms with E-state index in [1.165, 1.54) is 0 Å². The molecule has 4 heteroatoms. The van der Waals surface area contributed by atoms with Crippen molar-refractivity contribution < 1.29 is 15.0 Å². The molecule has 4 N–H and O–H groups in total. The summed E-state index contributed by atoms with van der Waals surface area (Å²) in [5.41, 5.74) is 4.19. The summed E-state index contributed by atoms with van der Waals surface area (Å²) in [6.07, 6.45) is 0.936. The number of carbonyl (C=O) groups is 1. The molecule has 76 valence electrons. The van der Waals surface area contributed by atoms with Crippen LogP contribution in [0.1, 0.15) is 26.7 Å². The Bertz CT molecular complexity index is 219. The van der Waals surface area contributed by atoms with Crippen molar-refractivity contribution in [2.24, 2.45) is 16.6 Å². The van der Waals surface area contributed by atoms with E-state index in [1.807, 2.05) is 0 Å². The van der Waals surface area contributed by atoms with E-state index in [4.69, 9.17) is 15.9 Å². The molecule has 1 aliphatic carbocycles. The largest absolute Gasteiger partial charge is 0.481 e. The number of nitrogens with two attached hydrogens (primary N) is 1. The molecule has 0 aromatic rings. The maximum Gasteiger partial charge on any atom is 0.310 e. The highest BCUT2D eigenvalue weighted by molar-refractivity contribution is 5.77. The van der Waals surface area contributed by atoms with E-state index in [2.05, 4.69) is 0 Å². The van der Waals surface area contributed by atoms with Crippen molar-refractivity contribution in [3.63, 3.8) is 0 Å². The Kier molecular flexibility index (Phi) is 2.38. The lowest BCUT2D eigenvalue weighted by Crippen LogP contribution is -2.59. The van der Waals surface area contributed by atoms with E-state index in [9.17, 15) is 4.79 Å². The Hall–Kier alpha value is -0.610. The van der Waals surface area contributed by atoms with Crippen LogP contribution in [0.4, 0.5) is 0 Å². The lowest BCUT2D eigenvalue weighted by atomic mass is 9.53. The van der Waals surface area contributed by atoms with Crippen LogP contribution in [-0.4, -0.2) is 28.8 Å². The van der Waals surface area contributed by atoms with Gasteiger partial charge in [-0.3, -0.25) is 4.79 Å². The first-order valence-corrected chi connectivity index (χ1v) is 4.45. The van der Waals surface area contributed by atoms with Gasteiger partial charge < -0.3 is 15.9 Å². The van der Waals surface area contributed by atoms with E-state index < -0.39 is 16.8 Å². The molecule has 0 saturated heterocycles. The molecule has 0 spiro atoms. The second-order valence-electron chi connectivity index (χ2n) is 4.60. The molecule has 1 rings (SSSR count). The number of aliphatic carboxylic acids is 1. The highest BCUT2D eigenvalue weighted by atomic mass is 16.4. The zero-order chi connectivity index (χ0) is 10.3. The predicted molar refractivity (Wildman–Crippen MR) is 48.1 cm³/mol.